The van der Waals surface area contributed by atoms with Crippen LogP contribution in [0.4, 0.5) is 4.79 Å². The van der Waals surface area contributed by atoms with Gasteiger partial charge in [-0.25, -0.2) is 4.79 Å². The monoisotopic (exact) mass is 332 g/mol. The van der Waals surface area contributed by atoms with Gasteiger partial charge in [-0.05, 0) is 43.2 Å². The van der Waals surface area contributed by atoms with Gasteiger partial charge >= 0.3 is 6.09 Å². The molecule has 1 saturated heterocycles. The fraction of sp³-hybridized carbons (Fsp3) is 0.579. The molecule has 1 heterocycles. The van der Waals surface area contributed by atoms with E-state index < -0.39 is 0 Å². The van der Waals surface area contributed by atoms with E-state index in [0.29, 0.717) is 13.0 Å². The zero-order valence-corrected chi connectivity index (χ0v) is 14.9. The van der Waals surface area contributed by atoms with E-state index in [4.69, 9.17) is 4.74 Å². The average Bonchev–Trinajstić information content (AvgIpc) is 2.61. The van der Waals surface area contributed by atoms with E-state index in [9.17, 15) is 9.59 Å². The highest BCUT2D eigenvalue weighted by molar-refractivity contribution is 5.79. The number of aryl methyl sites for hydroxylation is 1. The summed E-state index contributed by atoms with van der Waals surface area (Å²) in [6.45, 7) is 5.49. The Balaban J connectivity index is 1.90. The number of benzene rings is 1. The molecule has 1 aliphatic heterocycles. The Morgan fingerprint density at radius 3 is 2.71 bits per heavy atom. The minimum Gasteiger partial charge on any atom is -0.453 e. The van der Waals surface area contributed by atoms with Gasteiger partial charge in [0.1, 0.15) is 0 Å². The van der Waals surface area contributed by atoms with Crippen LogP contribution in [0.3, 0.4) is 0 Å². The van der Waals surface area contributed by atoms with Crippen LogP contribution in [-0.4, -0.2) is 43.1 Å². The van der Waals surface area contributed by atoms with E-state index in [2.05, 4.69) is 18.3 Å². The van der Waals surface area contributed by atoms with E-state index in [1.165, 1.54) is 12.7 Å². The van der Waals surface area contributed by atoms with Crippen molar-refractivity contribution in [2.45, 2.75) is 45.6 Å². The molecule has 0 saturated carbocycles. The number of carbonyl (C=O) groups is 2. The van der Waals surface area contributed by atoms with Crippen LogP contribution >= 0.6 is 0 Å². The van der Waals surface area contributed by atoms with Crippen LogP contribution in [-0.2, 0) is 22.4 Å². The largest absolute Gasteiger partial charge is 0.453 e. The third kappa shape index (κ3) is 4.73. The minimum absolute atomic E-state index is 0.0404. The van der Waals surface area contributed by atoms with Crippen molar-refractivity contribution in [2.75, 3.05) is 20.2 Å². The van der Waals surface area contributed by atoms with Gasteiger partial charge in [-0.15, -0.1) is 0 Å². The Hall–Kier alpha value is -2.04. The van der Waals surface area contributed by atoms with E-state index in [1.807, 2.05) is 25.1 Å². The van der Waals surface area contributed by atoms with Gasteiger partial charge in [0.05, 0.1) is 13.5 Å². The summed E-state index contributed by atoms with van der Waals surface area (Å²) < 4.78 is 4.80. The Morgan fingerprint density at radius 1 is 1.33 bits per heavy atom. The third-order valence-corrected chi connectivity index (χ3v) is 4.84. The number of carbonyl (C=O) groups excluding carboxylic acids is 2. The number of nitrogens with zero attached hydrogens (tertiary/aromatic N) is 1. The first-order chi connectivity index (χ1) is 11.5. The molecule has 0 aliphatic carbocycles. The van der Waals surface area contributed by atoms with E-state index in [0.717, 1.165) is 31.4 Å². The molecule has 132 valence electrons. The summed E-state index contributed by atoms with van der Waals surface area (Å²) in [5, 5.41) is 3.11. The van der Waals surface area contributed by atoms with Gasteiger partial charge < -0.3 is 15.0 Å². The molecule has 2 amide bonds. The fourth-order valence-electron chi connectivity index (χ4n) is 3.38. The average molecular weight is 332 g/mol. The number of hydrogen-bond acceptors (Lipinski definition) is 3. The summed E-state index contributed by atoms with van der Waals surface area (Å²) in [4.78, 5) is 25.8. The molecule has 0 spiro atoms. The molecule has 1 aliphatic rings. The summed E-state index contributed by atoms with van der Waals surface area (Å²) >= 11 is 0. The van der Waals surface area contributed by atoms with Crippen LogP contribution in [0.2, 0.25) is 0 Å². The maximum absolute atomic E-state index is 12.4. The maximum atomic E-state index is 12.4. The molecule has 5 heteroatoms. The molecule has 0 aromatic heterocycles. The SMILES string of the molecule is CCc1ccccc1CC(=O)N[C@H](C)[C@H]1CCCN(C(=O)OC)C1. The second kappa shape index (κ2) is 8.71. The highest BCUT2D eigenvalue weighted by Crippen LogP contribution is 2.20. The third-order valence-electron chi connectivity index (χ3n) is 4.84. The summed E-state index contributed by atoms with van der Waals surface area (Å²) in [6.07, 6.45) is 3.01. The lowest BCUT2D eigenvalue weighted by Gasteiger charge is -2.35. The predicted octanol–water partition coefficient (Wildman–Crippen LogP) is 2.77. The lowest BCUT2D eigenvalue weighted by molar-refractivity contribution is -0.121. The summed E-state index contributed by atoms with van der Waals surface area (Å²) in [5.41, 5.74) is 2.30. The summed E-state index contributed by atoms with van der Waals surface area (Å²) in [5.74, 6) is 0.307. The zero-order valence-electron chi connectivity index (χ0n) is 14.9. The minimum atomic E-state index is -0.282. The number of likely N-dealkylation sites (tertiary alicyclic amines) is 1. The zero-order chi connectivity index (χ0) is 17.5. The first kappa shape index (κ1) is 18.3. The standard InChI is InChI=1S/C19H28N2O3/c1-4-15-8-5-6-9-16(15)12-18(22)20-14(2)17-10-7-11-21(13-17)19(23)24-3/h5-6,8-9,14,17H,4,7,10-13H2,1-3H3,(H,20,22)/t14-,17+/m1/s1. The summed E-state index contributed by atoms with van der Waals surface area (Å²) in [7, 11) is 1.41. The van der Waals surface area contributed by atoms with E-state index in [-0.39, 0.29) is 24.0 Å². The van der Waals surface area contributed by atoms with Crippen LogP contribution in [0.15, 0.2) is 24.3 Å². The molecular weight excluding hydrogens is 304 g/mol. The molecule has 1 aromatic carbocycles. The highest BCUT2D eigenvalue weighted by atomic mass is 16.5. The van der Waals surface area contributed by atoms with Crippen LogP contribution in [0.1, 0.15) is 37.8 Å². The van der Waals surface area contributed by atoms with Crippen LogP contribution in [0.5, 0.6) is 0 Å². The number of amides is 2. The van der Waals surface area contributed by atoms with Crippen molar-refractivity contribution >= 4 is 12.0 Å². The smallest absolute Gasteiger partial charge is 0.409 e. The lowest BCUT2D eigenvalue weighted by Crippen LogP contribution is -2.48. The molecule has 0 radical (unpaired) electrons. The number of methoxy groups -OCH3 is 1. The number of ether oxygens (including phenoxy) is 1. The first-order valence-corrected chi connectivity index (χ1v) is 8.74. The van der Waals surface area contributed by atoms with Crippen LogP contribution < -0.4 is 5.32 Å². The lowest BCUT2D eigenvalue weighted by atomic mass is 9.91. The molecule has 1 aromatic rings. The Morgan fingerprint density at radius 2 is 2.04 bits per heavy atom. The van der Waals surface area contributed by atoms with Crippen molar-refractivity contribution in [3.63, 3.8) is 0 Å². The Kier molecular flexibility index (Phi) is 6.64. The second-order valence-corrected chi connectivity index (χ2v) is 6.47. The Bertz CT molecular complexity index is 573. The van der Waals surface area contributed by atoms with Gasteiger partial charge in [0, 0.05) is 19.1 Å². The van der Waals surface area contributed by atoms with Crippen molar-refractivity contribution in [1.82, 2.24) is 10.2 Å². The normalized spacial score (nSPS) is 18.8. The first-order valence-electron chi connectivity index (χ1n) is 8.74. The Labute approximate surface area is 144 Å². The van der Waals surface area contributed by atoms with Crippen molar-refractivity contribution in [3.8, 4) is 0 Å². The van der Waals surface area contributed by atoms with Crippen molar-refractivity contribution < 1.29 is 14.3 Å². The highest BCUT2D eigenvalue weighted by Gasteiger charge is 2.28. The molecule has 0 unspecified atom stereocenters. The number of piperidine rings is 1. The van der Waals surface area contributed by atoms with Crippen LogP contribution in [0, 0.1) is 5.92 Å². The van der Waals surface area contributed by atoms with Crippen molar-refractivity contribution in [3.05, 3.63) is 35.4 Å². The second-order valence-electron chi connectivity index (χ2n) is 6.47. The quantitative estimate of drug-likeness (QED) is 0.902. The molecule has 2 atom stereocenters. The van der Waals surface area contributed by atoms with E-state index in [1.54, 1.807) is 4.90 Å². The molecule has 1 N–H and O–H groups in total. The molecule has 24 heavy (non-hydrogen) atoms. The molecular formula is C19H28N2O3. The van der Waals surface area contributed by atoms with Gasteiger partial charge in [0.2, 0.25) is 5.91 Å². The number of hydrogen-bond donors (Lipinski definition) is 1. The molecule has 1 fully saturated rings. The number of rotatable bonds is 5. The predicted molar refractivity (Wildman–Crippen MR) is 93.8 cm³/mol. The van der Waals surface area contributed by atoms with E-state index >= 15 is 0 Å². The van der Waals surface area contributed by atoms with Crippen LogP contribution in [0.25, 0.3) is 0 Å². The van der Waals surface area contributed by atoms with Gasteiger partial charge in [-0.1, -0.05) is 31.2 Å². The topological polar surface area (TPSA) is 58.6 Å². The maximum Gasteiger partial charge on any atom is 0.409 e. The van der Waals surface area contributed by atoms with Gasteiger partial charge in [-0.3, -0.25) is 4.79 Å². The van der Waals surface area contributed by atoms with Crippen molar-refractivity contribution in [2.24, 2.45) is 5.92 Å². The van der Waals surface area contributed by atoms with Crippen molar-refractivity contribution in [1.29, 1.82) is 0 Å². The number of nitrogens with one attached hydrogen (secondary N) is 1. The van der Waals surface area contributed by atoms with Gasteiger partial charge in [0.25, 0.3) is 0 Å². The molecule has 2 rings (SSSR count). The summed E-state index contributed by atoms with van der Waals surface area (Å²) in [6, 6.07) is 8.11. The fourth-order valence-corrected chi connectivity index (χ4v) is 3.38. The van der Waals surface area contributed by atoms with Gasteiger partial charge in [0.15, 0.2) is 0 Å². The van der Waals surface area contributed by atoms with Gasteiger partial charge in [-0.2, -0.15) is 0 Å². The molecule has 0 bridgehead atoms. The molecule has 5 nitrogen and oxygen atoms in total.